The zero-order valence-electron chi connectivity index (χ0n) is 8.01. The Hall–Kier alpha value is -1.84. The van der Waals surface area contributed by atoms with E-state index in [2.05, 4.69) is 10.1 Å². The predicted molar refractivity (Wildman–Crippen MR) is 54.7 cm³/mol. The van der Waals surface area contributed by atoms with E-state index in [-0.39, 0.29) is 0 Å². The molecule has 4 nitrogen and oxygen atoms in total. The van der Waals surface area contributed by atoms with Crippen molar-refractivity contribution >= 4 is 5.69 Å². The van der Waals surface area contributed by atoms with Gasteiger partial charge in [-0.15, -0.1) is 0 Å². The first-order valence-corrected chi connectivity index (χ1v) is 4.43. The Balaban J connectivity index is 2.23. The summed E-state index contributed by atoms with van der Waals surface area (Å²) >= 11 is 0. The topological polar surface area (TPSA) is 56.7 Å². The Kier molecular flexibility index (Phi) is 2.18. The third kappa shape index (κ3) is 1.74. The van der Waals surface area contributed by atoms with Gasteiger partial charge in [0.15, 0.2) is 0 Å². The van der Waals surface area contributed by atoms with Crippen molar-refractivity contribution in [3.8, 4) is 0 Å². The van der Waals surface area contributed by atoms with Gasteiger partial charge in [0.25, 0.3) is 0 Å². The van der Waals surface area contributed by atoms with Crippen molar-refractivity contribution in [2.24, 2.45) is 0 Å². The summed E-state index contributed by atoms with van der Waals surface area (Å²) in [6.45, 7) is 2.78. The molecule has 0 bridgehead atoms. The Bertz CT molecular complexity index is 433. The average molecular weight is 188 g/mol. The molecule has 0 aliphatic rings. The molecule has 0 aromatic carbocycles. The predicted octanol–water partition coefficient (Wildman–Crippen LogP) is 1.22. The maximum absolute atomic E-state index is 5.57. The minimum Gasteiger partial charge on any atom is -0.396 e. The summed E-state index contributed by atoms with van der Waals surface area (Å²) in [5.74, 6) is 0. The third-order valence-electron chi connectivity index (χ3n) is 2.12. The van der Waals surface area contributed by atoms with Crippen LogP contribution in [0.1, 0.15) is 11.1 Å². The molecule has 0 spiro atoms. The average Bonchev–Trinajstić information content (AvgIpc) is 2.56. The molecule has 2 N–H and O–H groups in total. The number of nitrogens with two attached hydrogens (primary N) is 1. The zero-order chi connectivity index (χ0) is 9.97. The van der Waals surface area contributed by atoms with Crippen molar-refractivity contribution in [3.63, 3.8) is 0 Å². The van der Waals surface area contributed by atoms with Crippen LogP contribution in [0.4, 0.5) is 5.69 Å². The van der Waals surface area contributed by atoms with Crippen LogP contribution >= 0.6 is 0 Å². The standard InChI is InChI=1S/C10H12N4/c1-8-4-12-3-2-9(8)6-14-7-10(11)5-13-14/h2-5,7H,6,11H2,1H3. The molecule has 0 aliphatic carbocycles. The normalized spacial score (nSPS) is 10.4. The van der Waals surface area contributed by atoms with E-state index in [4.69, 9.17) is 5.73 Å². The van der Waals surface area contributed by atoms with Gasteiger partial charge in [0.2, 0.25) is 0 Å². The van der Waals surface area contributed by atoms with Crippen LogP contribution in [0, 0.1) is 6.92 Å². The highest BCUT2D eigenvalue weighted by Gasteiger charge is 1.99. The number of nitrogen functional groups attached to an aromatic ring is 1. The Morgan fingerprint density at radius 3 is 2.93 bits per heavy atom. The molecule has 4 heteroatoms. The van der Waals surface area contributed by atoms with Crippen LogP contribution in [0.15, 0.2) is 30.9 Å². The van der Waals surface area contributed by atoms with E-state index in [0.29, 0.717) is 5.69 Å². The number of hydrogen-bond donors (Lipinski definition) is 1. The lowest BCUT2D eigenvalue weighted by Gasteiger charge is -2.04. The van der Waals surface area contributed by atoms with Gasteiger partial charge < -0.3 is 5.73 Å². The van der Waals surface area contributed by atoms with Gasteiger partial charge >= 0.3 is 0 Å². The number of aryl methyl sites for hydroxylation is 1. The second kappa shape index (κ2) is 3.49. The summed E-state index contributed by atoms with van der Waals surface area (Å²) in [6.07, 6.45) is 7.10. The largest absolute Gasteiger partial charge is 0.396 e. The monoisotopic (exact) mass is 188 g/mol. The van der Waals surface area contributed by atoms with E-state index in [0.717, 1.165) is 6.54 Å². The van der Waals surface area contributed by atoms with E-state index >= 15 is 0 Å². The lowest BCUT2D eigenvalue weighted by Crippen LogP contribution is -2.01. The minimum atomic E-state index is 0.691. The molecule has 2 rings (SSSR count). The van der Waals surface area contributed by atoms with Crippen LogP contribution in [0.5, 0.6) is 0 Å². The van der Waals surface area contributed by atoms with Crippen molar-refractivity contribution in [2.45, 2.75) is 13.5 Å². The summed E-state index contributed by atoms with van der Waals surface area (Å²) in [5.41, 5.74) is 8.65. The van der Waals surface area contributed by atoms with Gasteiger partial charge in [0.1, 0.15) is 0 Å². The highest BCUT2D eigenvalue weighted by Crippen LogP contribution is 2.08. The molecule has 0 amide bonds. The van der Waals surface area contributed by atoms with E-state index in [1.165, 1.54) is 11.1 Å². The molecule has 72 valence electrons. The van der Waals surface area contributed by atoms with Gasteiger partial charge in [0, 0.05) is 18.6 Å². The summed E-state index contributed by atoms with van der Waals surface area (Å²) in [7, 11) is 0. The van der Waals surface area contributed by atoms with E-state index < -0.39 is 0 Å². The molecule has 2 heterocycles. The fourth-order valence-electron chi connectivity index (χ4n) is 1.32. The molecule has 0 saturated heterocycles. The van der Waals surface area contributed by atoms with Crippen LogP contribution in [-0.2, 0) is 6.54 Å². The molecule has 0 atom stereocenters. The Labute approximate surface area is 82.4 Å². The fourth-order valence-corrected chi connectivity index (χ4v) is 1.32. The summed E-state index contributed by atoms with van der Waals surface area (Å²) < 4.78 is 1.82. The Morgan fingerprint density at radius 1 is 1.43 bits per heavy atom. The van der Waals surface area contributed by atoms with Crippen molar-refractivity contribution in [3.05, 3.63) is 42.0 Å². The lowest BCUT2D eigenvalue weighted by molar-refractivity contribution is 0.683. The van der Waals surface area contributed by atoms with Crippen LogP contribution in [-0.4, -0.2) is 14.8 Å². The summed E-state index contributed by atoms with van der Waals surface area (Å²) in [5, 5.41) is 4.12. The quantitative estimate of drug-likeness (QED) is 0.770. The number of rotatable bonds is 2. The summed E-state index contributed by atoms with van der Waals surface area (Å²) in [6, 6.07) is 1.99. The maximum atomic E-state index is 5.57. The fraction of sp³-hybridized carbons (Fsp3) is 0.200. The number of pyridine rings is 1. The van der Waals surface area contributed by atoms with Gasteiger partial charge in [-0.05, 0) is 24.1 Å². The molecular formula is C10H12N4. The molecular weight excluding hydrogens is 176 g/mol. The van der Waals surface area contributed by atoms with Crippen LogP contribution in [0.3, 0.4) is 0 Å². The highest BCUT2D eigenvalue weighted by atomic mass is 15.3. The van der Waals surface area contributed by atoms with Gasteiger partial charge in [-0.2, -0.15) is 5.10 Å². The lowest BCUT2D eigenvalue weighted by atomic mass is 10.2. The van der Waals surface area contributed by atoms with Crippen molar-refractivity contribution in [2.75, 3.05) is 5.73 Å². The number of anilines is 1. The molecule has 0 aliphatic heterocycles. The Morgan fingerprint density at radius 2 is 2.29 bits per heavy atom. The van der Waals surface area contributed by atoms with E-state index in [9.17, 15) is 0 Å². The van der Waals surface area contributed by atoms with Crippen LogP contribution in [0.2, 0.25) is 0 Å². The molecule has 0 unspecified atom stereocenters. The van der Waals surface area contributed by atoms with Gasteiger partial charge in [-0.1, -0.05) is 0 Å². The summed E-state index contributed by atoms with van der Waals surface area (Å²) in [4.78, 5) is 4.04. The van der Waals surface area contributed by atoms with Crippen molar-refractivity contribution < 1.29 is 0 Å². The number of hydrogen-bond acceptors (Lipinski definition) is 3. The second-order valence-electron chi connectivity index (χ2n) is 3.27. The molecule has 2 aromatic heterocycles. The first-order chi connectivity index (χ1) is 6.75. The van der Waals surface area contributed by atoms with Gasteiger partial charge in [0.05, 0.1) is 18.4 Å². The first kappa shape index (κ1) is 8.74. The van der Waals surface area contributed by atoms with Gasteiger partial charge in [-0.25, -0.2) is 0 Å². The molecule has 0 saturated carbocycles. The first-order valence-electron chi connectivity index (χ1n) is 4.43. The smallest absolute Gasteiger partial charge is 0.0719 e. The number of aromatic nitrogens is 3. The maximum Gasteiger partial charge on any atom is 0.0719 e. The highest BCUT2D eigenvalue weighted by molar-refractivity contribution is 5.31. The van der Waals surface area contributed by atoms with Crippen molar-refractivity contribution in [1.82, 2.24) is 14.8 Å². The minimum absolute atomic E-state index is 0.691. The van der Waals surface area contributed by atoms with Crippen LogP contribution in [0.25, 0.3) is 0 Å². The van der Waals surface area contributed by atoms with E-state index in [1.54, 1.807) is 12.4 Å². The molecule has 0 fully saturated rings. The SMILES string of the molecule is Cc1cnccc1Cn1cc(N)cn1. The third-order valence-corrected chi connectivity index (χ3v) is 2.12. The van der Waals surface area contributed by atoms with Crippen molar-refractivity contribution in [1.29, 1.82) is 0 Å². The number of nitrogens with zero attached hydrogens (tertiary/aromatic N) is 3. The zero-order valence-corrected chi connectivity index (χ0v) is 8.01. The molecule has 2 aromatic rings. The second-order valence-corrected chi connectivity index (χ2v) is 3.27. The molecule has 0 radical (unpaired) electrons. The van der Waals surface area contributed by atoms with E-state index in [1.807, 2.05) is 30.1 Å². The van der Waals surface area contributed by atoms with Gasteiger partial charge in [-0.3, -0.25) is 9.67 Å². The van der Waals surface area contributed by atoms with Crippen LogP contribution < -0.4 is 5.73 Å². The molecule has 14 heavy (non-hydrogen) atoms.